The predicted molar refractivity (Wildman–Crippen MR) is 65.9 cm³/mol. The second-order valence-corrected chi connectivity index (χ2v) is 4.86. The zero-order valence-electron chi connectivity index (χ0n) is 9.33. The van der Waals surface area contributed by atoms with Crippen LogP contribution in [-0.2, 0) is 4.79 Å². The van der Waals surface area contributed by atoms with E-state index in [1.165, 1.54) is 5.56 Å². The Morgan fingerprint density at radius 2 is 2.13 bits per heavy atom. The van der Waals surface area contributed by atoms with Crippen molar-refractivity contribution < 1.29 is 4.79 Å². The molecule has 0 aliphatic heterocycles. The molecule has 82 valence electrons. The second-order valence-electron chi connectivity index (χ2n) is 3.94. The third-order valence-electron chi connectivity index (χ3n) is 2.34. The van der Waals surface area contributed by atoms with Crippen LogP contribution in [0.25, 0.3) is 0 Å². The molecule has 1 unspecified atom stereocenters. The smallest absolute Gasteiger partial charge is 0.131 e. The maximum absolute atomic E-state index is 11.2. The summed E-state index contributed by atoms with van der Waals surface area (Å²) in [7, 11) is 3.99. The van der Waals surface area contributed by atoms with Gasteiger partial charge < -0.3 is 4.90 Å². The van der Waals surface area contributed by atoms with E-state index < -0.39 is 0 Å². The number of carbonyl (C=O) groups excluding carboxylic acids is 1. The van der Waals surface area contributed by atoms with Gasteiger partial charge in [0.2, 0.25) is 0 Å². The van der Waals surface area contributed by atoms with E-state index in [1.54, 1.807) is 6.92 Å². The van der Waals surface area contributed by atoms with Crippen molar-refractivity contribution in [2.75, 3.05) is 14.1 Å². The fourth-order valence-corrected chi connectivity index (χ4v) is 2.00. The minimum atomic E-state index is 0.167. The molecule has 0 heterocycles. The maximum Gasteiger partial charge on any atom is 0.131 e. The molecule has 0 bridgehead atoms. The minimum absolute atomic E-state index is 0.167. The predicted octanol–water partition coefficient (Wildman–Crippen LogP) is 3.03. The van der Waals surface area contributed by atoms with Crippen molar-refractivity contribution in [2.24, 2.45) is 0 Å². The van der Waals surface area contributed by atoms with E-state index in [2.05, 4.69) is 33.0 Å². The number of nitrogens with zero attached hydrogens (tertiary/aromatic N) is 1. The van der Waals surface area contributed by atoms with Gasteiger partial charge in [-0.1, -0.05) is 28.1 Å². The van der Waals surface area contributed by atoms with Gasteiger partial charge in [-0.15, -0.1) is 0 Å². The van der Waals surface area contributed by atoms with Crippen LogP contribution in [0.2, 0.25) is 0 Å². The Morgan fingerprint density at radius 3 is 2.60 bits per heavy atom. The quantitative estimate of drug-likeness (QED) is 0.838. The van der Waals surface area contributed by atoms with Gasteiger partial charge in [-0.05, 0) is 38.7 Å². The number of hydrogen-bond donors (Lipinski definition) is 0. The molecule has 1 rings (SSSR count). The van der Waals surface area contributed by atoms with Crippen molar-refractivity contribution in [3.05, 3.63) is 34.3 Å². The molecule has 0 aromatic heterocycles. The van der Waals surface area contributed by atoms with Crippen molar-refractivity contribution >= 4 is 21.7 Å². The molecule has 1 aromatic carbocycles. The van der Waals surface area contributed by atoms with E-state index >= 15 is 0 Å². The number of ketones is 1. The average molecular weight is 270 g/mol. The van der Waals surface area contributed by atoms with Gasteiger partial charge >= 0.3 is 0 Å². The van der Waals surface area contributed by atoms with E-state index in [-0.39, 0.29) is 11.8 Å². The Hall–Kier alpha value is -0.670. The molecule has 3 heteroatoms. The van der Waals surface area contributed by atoms with Gasteiger partial charge in [0, 0.05) is 16.9 Å². The third-order valence-corrected chi connectivity index (χ3v) is 2.83. The summed E-state index contributed by atoms with van der Waals surface area (Å²) < 4.78 is 1.05. The zero-order valence-corrected chi connectivity index (χ0v) is 10.9. The molecule has 0 radical (unpaired) electrons. The highest BCUT2D eigenvalue weighted by atomic mass is 79.9. The highest BCUT2D eigenvalue weighted by Gasteiger charge is 2.15. The van der Waals surface area contributed by atoms with E-state index in [0.29, 0.717) is 6.42 Å². The van der Waals surface area contributed by atoms with Gasteiger partial charge in [0.05, 0.1) is 0 Å². The molecule has 0 aliphatic carbocycles. The summed E-state index contributed by atoms with van der Waals surface area (Å²) in [6.45, 7) is 1.63. The van der Waals surface area contributed by atoms with Gasteiger partial charge in [-0.3, -0.25) is 4.79 Å². The number of carbonyl (C=O) groups is 1. The number of hydrogen-bond acceptors (Lipinski definition) is 2. The molecule has 0 amide bonds. The molecule has 0 fully saturated rings. The lowest BCUT2D eigenvalue weighted by Crippen LogP contribution is -2.22. The van der Waals surface area contributed by atoms with Crippen LogP contribution in [0.5, 0.6) is 0 Å². The highest BCUT2D eigenvalue weighted by molar-refractivity contribution is 9.10. The van der Waals surface area contributed by atoms with Crippen molar-refractivity contribution in [3.63, 3.8) is 0 Å². The van der Waals surface area contributed by atoms with Crippen LogP contribution < -0.4 is 0 Å². The zero-order chi connectivity index (χ0) is 11.4. The normalized spacial score (nSPS) is 12.9. The van der Waals surface area contributed by atoms with Gasteiger partial charge in [0.1, 0.15) is 5.78 Å². The number of rotatable bonds is 4. The first-order valence-corrected chi connectivity index (χ1v) is 5.71. The topological polar surface area (TPSA) is 20.3 Å². The van der Waals surface area contributed by atoms with Crippen molar-refractivity contribution in [1.82, 2.24) is 4.90 Å². The summed E-state index contributed by atoms with van der Waals surface area (Å²) in [6, 6.07) is 8.27. The van der Waals surface area contributed by atoms with Gasteiger partial charge in [0.15, 0.2) is 0 Å². The molecular weight excluding hydrogens is 254 g/mol. The minimum Gasteiger partial charge on any atom is -0.302 e. The molecular formula is C12H16BrNO. The molecule has 2 nitrogen and oxygen atoms in total. The lowest BCUT2D eigenvalue weighted by atomic mass is 10.0. The summed E-state index contributed by atoms with van der Waals surface area (Å²) in [5.74, 6) is 0.216. The van der Waals surface area contributed by atoms with Crippen LogP contribution in [0.4, 0.5) is 0 Å². The molecule has 1 aromatic rings. The SMILES string of the molecule is CC(=O)CC(c1cccc(Br)c1)N(C)C. The van der Waals surface area contributed by atoms with Crippen LogP contribution in [0.15, 0.2) is 28.7 Å². The molecule has 15 heavy (non-hydrogen) atoms. The first kappa shape index (κ1) is 12.4. The number of halogens is 1. The van der Waals surface area contributed by atoms with Crippen LogP contribution in [0.3, 0.4) is 0 Å². The monoisotopic (exact) mass is 269 g/mol. The maximum atomic E-state index is 11.2. The fraction of sp³-hybridized carbons (Fsp3) is 0.417. The van der Waals surface area contributed by atoms with Crippen LogP contribution in [-0.4, -0.2) is 24.8 Å². The van der Waals surface area contributed by atoms with Crippen molar-refractivity contribution in [3.8, 4) is 0 Å². The van der Waals surface area contributed by atoms with Crippen LogP contribution in [0, 0.1) is 0 Å². The van der Waals surface area contributed by atoms with Crippen LogP contribution >= 0.6 is 15.9 Å². The fourth-order valence-electron chi connectivity index (χ4n) is 1.58. The van der Waals surface area contributed by atoms with Crippen LogP contribution in [0.1, 0.15) is 24.9 Å². The number of Topliss-reactive ketones (excluding diaryl/α,β-unsaturated/α-hetero) is 1. The lowest BCUT2D eigenvalue weighted by Gasteiger charge is -2.23. The van der Waals surface area contributed by atoms with E-state index in [1.807, 2.05) is 26.2 Å². The molecule has 0 saturated heterocycles. The standard InChI is InChI=1S/C12H16BrNO/c1-9(15)7-12(14(2)3)10-5-4-6-11(13)8-10/h4-6,8,12H,7H2,1-3H3. The summed E-state index contributed by atoms with van der Waals surface area (Å²) in [4.78, 5) is 13.3. The summed E-state index contributed by atoms with van der Waals surface area (Å²) >= 11 is 3.44. The highest BCUT2D eigenvalue weighted by Crippen LogP contribution is 2.24. The van der Waals surface area contributed by atoms with Crippen molar-refractivity contribution in [2.45, 2.75) is 19.4 Å². The lowest BCUT2D eigenvalue weighted by molar-refractivity contribution is -0.118. The Bertz CT molecular complexity index is 349. The average Bonchev–Trinajstić information content (AvgIpc) is 2.13. The van der Waals surface area contributed by atoms with E-state index in [0.717, 1.165) is 4.47 Å². The Morgan fingerprint density at radius 1 is 1.47 bits per heavy atom. The molecule has 0 spiro atoms. The summed E-state index contributed by atoms with van der Waals surface area (Å²) in [6.07, 6.45) is 0.559. The second kappa shape index (κ2) is 5.42. The van der Waals surface area contributed by atoms with Gasteiger partial charge in [-0.2, -0.15) is 0 Å². The third kappa shape index (κ3) is 3.76. The molecule has 0 saturated carbocycles. The molecule has 0 aliphatic rings. The molecule has 1 atom stereocenters. The van der Waals surface area contributed by atoms with E-state index in [9.17, 15) is 4.79 Å². The Labute approximate surface area is 99.4 Å². The summed E-state index contributed by atoms with van der Waals surface area (Å²) in [5, 5.41) is 0. The largest absolute Gasteiger partial charge is 0.302 e. The van der Waals surface area contributed by atoms with Crippen molar-refractivity contribution in [1.29, 1.82) is 0 Å². The summed E-state index contributed by atoms with van der Waals surface area (Å²) in [5.41, 5.74) is 1.17. The Balaban J connectivity index is 2.93. The van der Waals surface area contributed by atoms with E-state index in [4.69, 9.17) is 0 Å². The van der Waals surface area contributed by atoms with Gasteiger partial charge in [0.25, 0.3) is 0 Å². The molecule has 0 N–H and O–H groups in total. The number of benzene rings is 1. The Kier molecular flexibility index (Phi) is 4.48. The first-order valence-electron chi connectivity index (χ1n) is 4.92. The van der Waals surface area contributed by atoms with Gasteiger partial charge in [-0.25, -0.2) is 0 Å². The first-order chi connectivity index (χ1) is 7.00.